The van der Waals surface area contributed by atoms with Crippen molar-refractivity contribution in [1.29, 1.82) is 0 Å². The molecule has 2 unspecified atom stereocenters. The molecule has 0 radical (unpaired) electrons. The second-order valence-electron chi connectivity index (χ2n) is 6.38. The molecule has 0 saturated heterocycles. The van der Waals surface area contributed by atoms with Crippen LogP contribution in [0.25, 0.3) is 0 Å². The zero-order chi connectivity index (χ0) is 14.0. The second-order valence-corrected chi connectivity index (χ2v) is 7.23. The minimum absolute atomic E-state index is 0.177. The molecule has 1 aliphatic carbocycles. The molecule has 1 aromatic rings. The number of halogens is 2. The number of benzene rings is 1. The summed E-state index contributed by atoms with van der Waals surface area (Å²) in [6, 6.07) is 4.86. The van der Waals surface area contributed by atoms with Crippen LogP contribution in [0.2, 0.25) is 0 Å². The van der Waals surface area contributed by atoms with Crippen LogP contribution >= 0.6 is 15.9 Å². The van der Waals surface area contributed by atoms with Crippen LogP contribution in [0.1, 0.15) is 45.1 Å². The highest BCUT2D eigenvalue weighted by molar-refractivity contribution is 9.10. The Kier molecular flexibility index (Phi) is 4.67. The van der Waals surface area contributed by atoms with Crippen molar-refractivity contribution in [3.8, 4) is 0 Å². The third-order valence-corrected chi connectivity index (χ3v) is 5.19. The van der Waals surface area contributed by atoms with Crippen molar-refractivity contribution >= 4 is 15.9 Å². The molecular formula is C16H23BrFN. The molecule has 3 heteroatoms. The van der Waals surface area contributed by atoms with E-state index < -0.39 is 0 Å². The van der Waals surface area contributed by atoms with Crippen molar-refractivity contribution < 1.29 is 4.39 Å². The van der Waals surface area contributed by atoms with E-state index in [1.807, 2.05) is 0 Å². The maximum atomic E-state index is 13.4. The molecule has 0 spiro atoms. The molecule has 0 aromatic heterocycles. The fraction of sp³-hybridized carbons (Fsp3) is 0.625. The molecule has 1 aromatic carbocycles. The van der Waals surface area contributed by atoms with Gasteiger partial charge in [-0.15, -0.1) is 0 Å². The smallest absolute Gasteiger partial charge is 0.123 e. The largest absolute Gasteiger partial charge is 0.325 e. The summed E-state index contributed by atoms with van der Waals surface area (Å²) in [5.41, 5.74) is 7.41. The molecule has 0 heterocycles. The average Bonchev–Trinajstić information content (AvgIpc) is 2.33. The molecular weight excluding hydrogens is 305 g/mol. The van der Waals surface area contributed by atoms with Gasteiger partial charge in [-0.3, -0.25) is 0 Å². The van der Waals surface area contributed by atoms with Gasteiger partial charge in [0.2, 0.25) is 0 Å². The summed E-state index contributed by atoms with van der Waals surface area (Å²) in [6.45, 7) is 4.54. The van der Waals surface area contributed by atoms with Crippen LogP contribution in [-0.2, 0) is 6.42 Å². The van der Waals surface area contributed by atoms with E-state index in [4.69, 9.17) is 5.73 Å². The predicted octanol–water partition coefficient (Wildman–Crippen LogP) is 4.67. The Hall–Kier alpha value is -0.410. The summed E-state index contributed by atoms with van der Waals surface area (Å²) in [5.74, 6) is 1.20. The van der Waals surface area contributed by atoms with Gasteiger partial charge in [0.1, 0.15) is 5.82 Å². The van der Waals surface area contributed by atoms with E-state index in [-0.39, 0.29) is 11.4 Å². The maximum absolute atomic E-state index is 13.4. The normalized spacial score (nSPS) is 27.8. The molecule has 2 atom stereocenters. The van der Waals surface area contributed by atoms with Gasteiger partial charge in [-0.05, 0) is 54.9 Å². The van der Waals surface area contributed by atoms with Gasteiger partial charge < -0.3 is 5.73 Å². The van der Waals surface area contributed by atoms with Gasteiger partial charge in [0, 0.05) is 10.0 Å². The Bertz CT molecular complexity index is 446. The maximum Gasteiger partial charge on any atom is 0.123 e. The first-order valence-corrected chi connectivity index (χ1v) is 7.92. The third-order valence-electron chi connectivity index (χ3n) is 4.41. The molecule has 1 aliphatic rings. The van der Waals surface area contributed by atoms with E-state index in [1.54, 1.807) is 12.1 Å². The van der Waals surface area contributed by atoms with E-state index in [1.165, 1.54) is 18.9 Å². The molecule has 1 nitrogen and oxygen atoms in total. The molecule has 1 fully saturated rings. The Morgan fingerprint density at radius 3 is 2.89 bits per heavy atom. The molecule has 0 bridgehead atoms. The predicted molar refractivity (Wildman–Crippen MR) is 81.5 cm³/mol. The Morgan fingerprint density at radius 1 is 1.47 bits per heavy atom. The van der Waals surface area contributed by atoms with E-state index in [0.717, 1.165) is 29.3 Å². The highest BCUT2D eigenvalue weighted by Gasteiger charge is 2.34. The first kappa shape index (κ1) is 15.0. The molecule has 19 heavy (non-hydrogen) atoms. The summed E-state index contributed by atoms with van der Waals surface area (Å²) >= 11 is 3.50. The highest BCUT2D eigenvalue weighted by Crippen LogP contribution is 2.37. The van der Waals surface area contributed by atoms with E-state index in [2.05, 4.69) is 29.8 Å². The first-order valence-electron chi connectivity index (χ1n) is 7.12. The zero-order valence-electron chi connectivity index (χ0n) is 11.8. The highest BCUT2D eigenvalue weighted by atomic mass is 79.9. The van der Waals surface area contributed by atoms with Crippen LogP contribution in [0.3, 0.4) is 0 Å². The fourth-order valence-electron chi connectivity index (χ4n) is 3.23. The van der Waals surface area contributed by atoms with Gasteiger partial charge in [0.05, 0.1) is 0 Å². The van der Waals surface area contributed by atoms with Crippen LogP contribution in [-0.4, -0.2) is 5.54 Å². The van der Waals surface area contributed by atoms with Gasteiger partial charge in [-0.2, -0.15) is 0 Å². The Labute approximate surface area is 123 Å². The lowest BCUT2D eigenvalue weighted by Gasteiger charge is -2.40. The van der Waals surface area contributed by atoms with Crippen molar-refractivity contribution in [2.45, 2.75) is 51.5 Å². The lowest BCUT2D eigenvalue weighted by Crippen LogP contribution is -2.47. The summed E-state index contributed by atoms with van der Waals surface area (Å²) in [5, 5.41) is 0. The van der Waals surface area contributed by atoms with Crippen molar-refractivity contribution in [3.63, 3.8) is 0 Å². The standard InChI is InChI=1S/C16H23BrFN/c1-11(2)12-4-3-7-16(19,9-12)10-13-8-14(18)5-6-15(13)17/h5-6,8,11-12H,3-4,7,9-10,19H2,1-2H3. The topological polar surface area (TPSA) is 26.0 Å². The zero-order valence-corrected chi connectivity index (χ0v) is 13.3. The average molecular weight is 328 g/mol. The molecule has 0 aliphatic heterocycles. The quantitative estimate of drug-likeness (QED) is 0.857. The van der Waals surface area contributed by atoms with Gasteiger partial charge in [0.15, 0.2) is 0 Å². The van der Waals surface area contributed by atoms with Crippen LogP contribution in [0.15, 0.2) is 22.7 Å². The fourth-order valence-corrected chi connectivity index (χ4v) is 3.62. The van der Waals surface area contributed by atoms with Crippen LogP contribution in [0.5, 0.6) is 0 Å². The van der Waals surface area contributed by atoms with Crippen LogP contribution < -0.4 is 5.73 Å². The van der Waals surface area contributed by atoms with Crippen molar-refractivity contribution in [2.24, 2.45) is 17.6 Å². The lowest BCUT2D eigenvalue weighted by atomic mass is 9.70. The van der Waals surface area contributed by atoms with Gasteiger partial charge in [-0.25, -0.2) is 4.39 Å². The first-order chi connectivity index (χ1) is 8.89. The minimum Gasteiger partial charge on any atom is -0.325 e. The van der Waals surface area contributed by atoms with Gasteiger partial charge >= 0.3 is 0 Å². The summed E-state index contributed by atoms with van der Waals surface area (Å²) in [7, 11) is 0. The van der Waals surface area contributed by atoms with E-state index in [0.29, 0.717) is 11.8 Å². The molecule has 0 amide bonds. The number of hydrogen-bond acceptors (Lipinski definition) is 1. The van der Waals surface area contributed by atoms with Gasteiger partial charge in [-0.1, -0.05) is 42.6 Å². The SMILES string of the molecule is CC(C)C1CCCC(N)(Cc2cc(F)ccc2Br)C1. The summed E-state index contributed by atoms with van der Waals surface area (Å²) in [4.78, 5) is 0. The second kappa shape index (κ2) is 5.92. The lowest BCUT2D eigenvalue weighted by molar-refractivity contribution is 0.182. The molecule has 106 valence electrons. The van der Waals surface area contributed by atoms with Gasteiger partial charge in [0.25, 0.3) is 0 Å². The minimum atomic E-state index is -0.182. The molecule has 1 saturated carbocycles. The summed E-state index contributed by atoms with van der Waals surface area (Å²) in [6.07, 6.45) is 5.31. The Balaban J connectivity index is 2.14. The van der Waals surface area contributed by atoms with Crippen molar-refractivity contribution in [3.05, 3.63) is 34.1 Å². The number of nitrogens with two attached hydrogens (primary N) is 1. The van der Waals surface area contributed by atoms with Crippen LogP contribution in [0.4, 0.5) is 4.39 Å². The number of rotatable bonds is 3. The van der Waals surface area contributed by atoms with Crippen LogP contribution in [0, 0.1) is 17.7 Å². The molecule has 2 N–H and O–H groups in total. The van der Waals surface area contributed by atoms with E-state index >= 15 is 0 Å². The van der Waals surface area contributed by atoms with Crippen molar-refractivity contribution in [1.82, 2.24) is 0 Å². The van der Waals surface area contributed by atoms with E-state index in [9.17, 15) is 4.39 Å². The monoisotopic (exact) mass is 327 g/mol. The van der Waals surface area contributed by atoms with Crippen molar-refractivity contribution in [2.75, 3.05) is 0 Å². The summed E-state index contributed by atoms with van der Waals surface area (Å²) < 4.78 is 14.3. The number of hydrogen-bond donors (Lipinski definition) is 1. The molecule has 2 rings (SSSR count). The third kappa shape index (κ3) is 3.79. The Morgan fingerprint density at radius 2 is 2.21 bits per heavy atom.